The minimum absolute atomic E-state index is 0.178. The number of likely N-dealkylation sites (tertiary alicyclic amines) is 1. The predicted octanol–water partition coefficient (Wildman–Crippen LogP) is 3.57. The first kappa shape index (κ1) is 16.1. The number of carbonyl (C=O) groups excluding carboxylic acids is 1. The van der Waals surface area contributed by atoms with Crippen LogP contribution in [0.4, 0.5) is 4.79 Å². The van der Waals surface area contributed by atoms with Crippen LogP contribution in [-0.2, 0) is 10.5 Å². The van der Waals surface area contributed by atoms with Gasteiger partial charge in [-0.15, -0.1) is 0 Å². The molecule has 21 heavy (non-hydrogen) atoms. The monoisotopic (exact) mass is 308 g/mol. The number of amides is 1. The lowest BCUT2D eigenvalue weighted by molar-refractivity contribution is 0.0289. The second-order valence-corrected chi connectivity index (χ2v) is 7.49. The summed E-state index contributed by atoms with van der Waals surface area (Å²) >= 11 is 1.91. The third-order valence-corrected chi connectivity index (χ3v) is 4.53. The lowest BCUT2D eigenvalue weighted by Crippen LogP contribution is -2.35. The summed E-state index contributed by atoms with van der Waals surface area (Å²) in [6, 6.07) is 4.07. The van der Waals surface area contributed by atoms with Gasteiger partial charge >= 0.3 is 6.09 Å². The Hall–Kier alpha value is -1.23. The fourth-order valence-electron chi connectivity index (χ4n) is 2.29. The van der Waals surface area contributed by atoms with Crippen LogP contribution >= 0.6 is 11.8 Å². The summed E-state index contributed by atoms with van der Waals surface area (Å²) in [4.78, 5) is 17.9. The van der Waals surface area contributed by atoms with E-state index in [1.54, 1.807) is 6.20 Å². The van der Waals surface area contributed by atoms with E-state index in [0.717, 1.165) is 31.0 Å². The number of pyridine rings is 1. The zero-order valence-corrected chi connectivity index (χ0v) is 13.9. The fraction of sp³-hybridized carbons (Fsp3) is 0.625. The Labute approximate surface area is 131 Å². The topological polar surface area (TPSA) is 42.4 Å². The van der Waals surface area contributed by atoms with Gasteiger partial charge in [-0.25, -0.2) is 4.79 Å². The molecule has 0 spiro atoms. The maximum absolute atomic E-state index is 12.0. The van der Waals surface area contributed by atoms with Crippen molar-refractivity contribution in [3.8, 4) is 0 Å². The Balaban J connectivity index is 1.69. The van der Waals surface area contributed by atoms with Crippen LogP contribution in [0.15, 0.2) is 24.5 Å². The molecule has 0 saturated carbocycles. The van der Waals surface area contributed by atoms with Crippen LogP contribution in [0.3, 0.4) is 0 Å². The summed E-state index contributed by atoms with van der Waals surface area (Å²) in [6.07, 6.45) is 4.60. The molecule has 4 nitrogen and oxygen atoms in total. The second kappa shape index (κ2) is 7.16. The molecule has 1 saturated heterocycles. The second-order valence-electron chi connectivity index (χ2n) is 6.46. The van der Waals surface area contributed by atoms with Crippen LogP contribution in [0.1, 0.15) is 32.8 Å². The average Bonchev–Trinajstić information content (AvgIpc) is 2.87. The molecule has 0 radical (unpaired) electrons. The summed E-state index contributed by atoms with van der Waals surface area (Å²) in [5, 5.41) is 0. The van der Waals surface area contributed by atoms with E-state index in [0.29, 0.717) is 5.92 Å². The number of hydrogen-bond acceptors (Lipinski definition) is 4. The fourth-order valence-corrected chi connectivity index (χ4v) is 3.42. The van der Waals surface area contributed by atoms with E-state index in [1.807, 2.05) is 49.7 Å². The van der Waals surface area contributed by atoms with Gasteiger partial charge in [-0.3, -0.25) is 4.98 Å². The Kier molecular flexibility index (Phi) is 5.51. The highest BCUT2D eigenvalue weighted by atomic mass is 32.2. The zero-order chi connectivity index (χ0) is 15.3. The summed E-state index contributed by atoms with van der Waals surface area (Å²) in [6.45, 7) is 7.34. The largest absolute Gasteiger partial charge is 0.444 e. The number of thioether (sulfide) groups is 1. The zero-order valence-electron chi connectivity index (χ0n) is 13.0. The van der Waals surface area contributed by atoms with Crippen LogP contribution in [0.5, 0.6) is 0 Å². The van der Waals surface area contributed by atoms with Gasteiger partial charge in [-0.05, 0) is 50.5 Å². The minimum atomic E-state index is -0.412. The Morgan fingerprint density at radius 3 is 3.00 bits per heavy atom. The van der Waals surface area contributed by atoms with E-state index in [-0.39, 0.29) is 6.09 Å². The summed E-state index contributed by atoms with van der Waals surface area (Å²) in [5.74, 6) is 2.63. The Bertz CT molecular complexity index is 459. The van der Waals surface area contributed by atoms with Gasteiger partial charge in [0.2, 0.25) is 0 Å². The first-order valence-corrected chi connectivity index (χ1v) is 8.54. The molecular weight excluding hydrogens is 284 g/mol. The van der Waals surface area contributed by atoms with E-state index < -0.39 is 5.60 Å². The van der Waals surface area contributed by atoms with Gasteiger partial charge in [0.1, 0.15) is 5.60 Å². The Morgan fingerprint density at radius 1 is 1.52 bits per heavy atom. The molecule has 1 aliphatic rings. The SMILES string of the molecule is CC(C)(C)OC(=O)N1CC[C@H](CSCc2cccnc2)C1. The highest BCUT2D eigenvalue weighted by molar-refractivity contribution is 7.98. The predicted molar refractivity (Wildman–Crippen MR) is 86.3 cm³/mol. The van der Waals surface area contributed by atoms with Crippen molar-refractivity contribution in [2.75, 3.05) is 18.8 Å². The van der Waals surface area contributed by atoms with E-state index in [4.69, 9.17) is 4.74 Å². The third kappa shape index (κ3) is 5.58. The van der Waals surface area contributed by atoms with E-state index in [2.05, 4.69) is 11.1 Å². The lowest BCUT2D eigenvalue weighted by atomic mass is 10.2. The summed E-state index contributed by atoms with van der Waals surface area (Å²) in [7, 11) is 0. The summed E-state index contributed by atoms with van der Waals surface area (Å²) in [5.41, 5.74) is 0.842. The molecule has 1 amide bonds. The molecule has 1 aromatic heterocycles. The molecule has 1 aliphatic heterocycles. The van der Waals surface area contributed by atoms with Gasteiger partial charge in [0.15, 0.2) is 0 Å². The van der Waals surface area contributed by atoms with Crippen LogP contribution < -0.4 is 0 Å². The smallest absolute Gasteiger partial charge is 0.410 e. The lowest BCUT2D eigenvalue weighted by Gasteiger charge is -2.24. The number of aromatic nitrogens is 1. The van der Waals surface area contributed by atoms with Gasteiger partial charge in [0.05, 0.1) is 0 Å². The maximum atomic E-state index is 12.0. The van der Waals surface area contributed by atoms with Crippen LogP contribution in [-0.4, -0.2) is 40.4 Å². The molecule has 1 fully saturated rings. The van der Waals surface area contributed by atoms with Crippen LogP contribution in [0.25, 0.3) is 0 Å². The number of nitrogens with zero attached hydrogens (tertiary/aromatic N) is 2. The highest BCUT2D eigenvalue weighted by Gasteiger charge is 2.29. The highest BCUT2D eigenvalue weighted by Crippen LogP contribution is 2.24. The van der Waals surface area contributed by atoms with Crippen LogP contribution in [0.2, 0.25) is 0 Å². The van der Waals surface area contributed by atoms with Crippen molar-refractivity contribution in [1.82, 2.24) is 9.88 Å². The molecule has 0 bridgehead atoms. The number of ether oxygens (including phenoxy) is 1. The van der Waals surface area contributed by atoms with Crippen molar-refractivity contribution in [1.29, 1.82) is 0 Å². The number of carbonyl (C=O) groups is 1. The third-order valence-electron chi connectivity index (χ3n) is 3.28. The quantitative estimate of drug-likeness (QED) is 0.853. The molecule has 1 aromatic rings. The molecule has 0 unspecified atom stereocenters. The van der Waals surface area contributed by atoms with Gasteiger partial charge in [0.25, 0.3) is 0 Å². The van der Waals surface area contributed by atoms with Gasteiger partial charge in [0, 0.05) is 31.2 Å². The van der Waals surface area contributed by atoms with Gasteiger partial charge in [-0.2, -0.15) is 11.8 Å². The molecule has 5 heteroatoms. The molecule has 0 aromatic carbocycles. The van der Waals surface area contributed by atoms with Crippen molar-refractivity contribution in [3.63, 3.8) is 0 Å². The van der Waals surface area contributed by atoms with Crippen molar-refractivity contribution in [2.24, 2.45) is 5.92 Å². The van der Waals surface area contributed by atoms with Crippen molar-refractivity contribution < 1.29 is 9.53 Å². The molecular formula is C16H24N2O2S. The standard InChI is InChI=1S/C16H24N2O2S/c1-16(2,3)20-15(19)18-8-6-14(10-18)12-21-11-13-5-4-7-17-9-13/h4-5,7,9,14H,6,8,10-12H2,1-3H3/t14-/m0/s1. The van der Waals surface area contributed by atoms with E-state index in [9.17, 15) is 4.79 Å². The summed E-state index contributed by atoms with van der Waals surface area (Å²) < 4.78 is 5.42. The van der Waals surface area contributed by atoms with Crippen molar-refractivity contribution in [3.05, 3.63) is 30.1 Å². The van der Waals surface area contributed by atoms with E-state index >= 15 is 0 Å². The molecule has 2 heterocycles. The first-order chi connectivity index (χ1) is 9.94. The Morgan fingerprint density at radius 2 is 2.33 bits per heavy atom. The minimum Gasteiger partial charge on any atom is -0.444 e. The maximum Gasteiger partial charge on any atom is 0.410 e. The van der Waals surface area contributed by atoms with Gasteiger partial charge < -0.3 is 9.64 Å². The normalized spacial score (nSPS) is 18.8. The van der Waals surface area contributed by atoms with E-state index in [1.165, 1.54) is 5.56 Å². The van der Waals surface area contributed by atoms with Crippen molar-refractivity contribution in [2.45, 2.75) is 38.5 Å². The molecule has 1 atom stereocenters. The van der Waals surface area contributed by atoms with Crippen LogP contribution in [0, 0.1) is 5.92 Å². The molecule has 116 valence electrons. The number of rotatable bonds is 4. The average molecular weight is 308 g/mol. The first-order valence-electron chi connectivity index (χ1n) is 7.38. The number of hydrogen-bond donors (Lipinski definition) is 0. The van der Waals surface area contributed by atoms with Gasteiger partial charge in [-0.1, -0.05) is 6.07 Å². The molecule has 0 aliphatic carbocycles. The van der Waals surface area contributed by atoms with Crippen molar-refractivity contribution >= 4 is 17.9 Å². The molecule has 2 rings (SSSR count). The molecule has 0 N–H and O–H groups in total.